The predicted molar refractivity (Wildman–Crippen MR) is 54.8 cm³/mol. The molecule has 1 heterocycles. The van der Waals surface area contributed by atoms with Gasteiger partial charge in [0.05, 0.1) is 13.0 Å². The number of likely N-dealkylation sites (N-methyl/N-ethyl adjacent to an activating group) is 1. The molecule has 0 spiro atoms. The van der Waals surface area contributed by atoms with Crippen LogP contribution >= 0.6 is 0 Å². The van der Waals surface area contributed by atoms with Crippen molar-refractivity contribution in [3.63, 3.8) is 0 Å². The monoisotopic (exact) mass is 214 g/mol. The number of ether oxygens (including phenoxy) is 1. The smallest absolute Gasteiger partial charge is 0.325 e. The molecule has 0 radical (unpaired) electrons. The molecule has 1 saturated heterocycles. The molecule has 0 N–H and O–H groups in total. The molecule has 1 aliphatic rings. The van der Waals surface area contributed by atoms with Gasteiger partial charge < -0.3 is 4.74 Å². The lowest BCUT2D eigenvalue weighted by atomic mass is 10.2. The third-order valence-electron chi connectivity index (χ3n) is 2.51. The van der Waals surface area contributed by atoms with E-state index in [1.165, 1.54) is 0 Å². The van der Waals surface area contributed by atoms with E-state index in [9.17, 15) is 9.59 Å². The van der Waals surface area contributed by atoms with Gasteiger partial charge in [0.25, 0.3) is 0 Å². The van der Waals surface area contributed by atoms with Crippen LogP contribution in [0.15, 0.2) is 0 Å². The topological polar surface area (TPSA) is 49.9 Å². The summed E-state index contributed by atoms with van der Waals surface area (Å²) in [5, 5.41) is 3.39. The maximum atomic E-state index is 11.6. The number of carbonyl (C=O) groups is 2. The molecule has 86 valence electrons. The lowest BCUT2D eigenvalue weighted by molar-refractivity contribution is -0.154. The molecule has 1 unspecified atom stereocenters. The number of carbonyl (C=O) groups excluding carboxylic acids is 2. The first-order valence-electron chi connectivity index (χ1n) is 5.39. The van der Waals surface area contributed by atoms with E-state index >= 15 is 0 Å². The SMILES string of the molecule is CCOC(=O)C1CC(=O)N(CC)N1CC. The Balaban J connectivity index is 2.74. The molecule has 1 rings (SSSR count). The number of hydrogen-bond acceptors (Lipinski definition) is 4. The minimum atomic E-state index is -0.428. The van der Waals surface area contributed by atoms with E-state index in [1.54, 1.807) is 16.9 Å². The number of amides is 1. The van der Waals surface area contributed by atoms with Crippen LogP contribution in [-0.2, 0) is 14.3 Å². The van der Waals surface area contributed by atoms with E-state index in [0.717, 1.165) is 0 Å². The van der Waals surface area contributed by atoms with Crippen LogP contribution in [0.3, 0.4) is 0 Å². The van der Waals surface area contributed by atoms with Crippen molar-refractivity contribution in [3.8, 4) is 0 Å². The van der Waals surface area contributed by atoms with Crippen LogP contribution in [0.2, 0.25) is 0 Å². The fraction of sp³-hybridized carbons (Fsp3) is 0.800. The number of hydrogen-bond donors (Lipinski definition) is 0. The van der Waals surface area contributed by atoms with Crippen LogP contribution in [0.5, 0.6) is 0 Å². The van der Waals surface area contributed by atoms with Crippen LogP contribution < -0.4 is 0 Å². The zero-order chi connectivity index (χ0) is 11.4. The Bertz CT molecular complexity index is 255. The van der Waals surface area contributed by atoms with Gasteiger partial charge in [0, 0.05) is 13.1 Å². The van der Waals surface area contributed by atoms with Gasteiger partial charge in [0.1, 0.15) is 6.04 Å². The zero-order valence-electron chi connectivity index (χ0n) is 9.52. The molecule has 15 heavy (non-hydrogen) atoms. The number of esters is 1. The Hall–Kier alpha value is -1.10. The summed E-state index contributed by atoms with van der Waals surface area (Å²) in [6, 6.07) is -0.428. The summed E-state index contributed by atoms with van der Waals surface area (Å²) in [6.45, 7) is 7.18. The quantitative estimate of drug-likeness (QED) is 0.636. The number of nitrogens with zero attached hydrogens (tertiary/aromatic N) is 2. The highest BCUT2D eigenvalue weighted by atomic mass is 16.5. The van der Waals surface area contributed by atoms with Gasteiger partial charge in [0.2, 0.25) is 5.91 Å². The highest BCUT2D eigenvalue weighted by Crippen LogP contribution is 2.20. The molecule has 0 aliphatic carbocycles. The van der Waals surface area contributed by atoms with Crippen molar-refractivity contribution in [1.82, 2.24) is 10.0 Å². The molecular formula is C10H18N2O3. The van der Waals surface area contributed by atoms with Crippen molar-refractivity contribution in [1.29, 1.82) is 0 Å². The molecule has 1 amide bonds. The third-order valence-corrected chi connectivity index (χ3v) is 2.51. The largest absolute Gasteiger partial charge is 0.465 e. The summed E-state index contributed by atoms with van der Waals surface area (Å²) in [4.78, 5) is 23.1. The number of hydrazine groups is 1. The fourth-order valence-corrected chi connectivity index (χ4v) is 1.88. The summed E-state index contributed by atoms with van der Waals surface area (Å²) in [7, 11) is 0. The molecule has 0 aromatic rings. The van der Waals surface area contributed by atoms with Crippen molar-refractivity contribution >= 4 is 11.9 Å². The predicted octanol–water partition coefficient (Wildman–Crippen LogP) is 0.407. The highest BCUT2D eigenvalue weighted by Gasteiger charge is 2.40. The van der Waals surface area contributed by atoms with Crippen LogP contribution in [0.4, 0.5) is 0 Å². The summed E-state index contributed by atoms with van der Waals surface area (Å²) in [5.41, 5.74) is 0. The molecule has 0 bridgehead atoms. The van der Waals surface area contributed by atoms with E-state index in [-0.39, 0.29) is 18.3 Å². The van der Waals surface area contributed by atoms with Gasteiger partial charge in [-0.1, -0.05) is 6.92 Å². The van der Waals surface area contributed by atoms with Crippen LogP contribution in [0, 0.1) is 0 Å². The Morgan fingerprint density at radius 3 is 2.53 bits per heavy atom. The van der Waals surface area contributed by atoms with E-state index in [2.05, 4.69) is 0 Å². The molecule has 5 nitrogen and oxygen atoms in total. The van der Waals surface area contributed by atoms with Crippen LogP contribution in [0.1, 0.15) is 27.2 Å². The molecule has 1 aliphatic heterocycles. The van der Waals surface area contributed by atoms with Crippen molar-refractivity contribution < 1.29 is 14.3 Å². The third kappa shape index (κ3) is 2.28. The Morgan fingerprint density at radius 2 is 2.07 bits per heavy atom. The summed E-state index contributed by atoms with van der Waals surface area (Å²) < 4.78 is 4.94. The van der Waals surface area contributed by atoms with Crippen LogP contribution in [0.25, 0.3) is 0 Å². The second-order valence-corrected chi connectivity index (χ2v) is 3.34. The maximum absolute atomic E-state index is 11.6. The van der Waals surface area contributed by atoms with Gasteiger partial charge in [-0.3, -0.25) is 14.6 Å². The highest BCUT2D eigenvalue weighted by molar-refractivity contribution is 5.88. The first-order valence-corrected chi connectivity index (χ1v) is 5.39. The zero-order valence-corrected chi connectivity index (χ0v) is 9.52. The summed E-state index contributed by atoms with van der Waals surface area (Å²) >= 11 is 0. The first-order chi connectivity index (χ1) is 7.15. The molecule has 0 aromatic carbocycles. The van der Waals surface area contributed by atoms with Crippen molar-refractivity contribution in [2.45, 2.75) is 33.2 Å². The van der Waals surface area contributed by atoms with Gasteiger partial charge in [-0.15, -0.1) is 0 Å². The Morgan fingerprint density at radius 1 is 1.40 bits per heavy atom. The summed E-state index contributed by atoms with van der Waals surface area (Å²) in [6.07, 6.45) is 0.237. The minimum Gasteiger partial charge on any atom is -0.465 e. The molecule has 1 fully saturated rings. The second-order valence-electron chi connectivity index (χ2n) is 3.34. The Kier molecular flexibility index (Phi) is 4.08. The van der Waals surface area contributed by atoms with E-state index in [1.807, 2.05) is 13.8 Å². The van der Waals surface area contributed by atoms with Crippen molar-refractivity contribution in [2.75, 3.05) is 19.7 Å². The van der Waals surface area contributed by atoms with E-state index in [0.29, 0.717) is 19.7 Å². The fourth-order valence-electron chi connectivity index (χ4n) is 1.88. The summed E-state index contributed by atoms with van der Waals surface area (Å²) in [5.74, 6) is -0.305. The van der Waals surface area contributed by atoms with Crippen LogP contribution in [-0.4, -0.2) is 47.6 Å². The average molecular weight is 214 g/mol. The molecule has 0 aromatic heterocycles. The minimum absolute atomic E-state index is 0.00240. The van der Waals surface area contributed by atoms with Gasteiger partial charge in [-0.05, 0) is 13.8 Å². The van der Waals surface area contributed by atoms with Crippen molar-refractivity contribution in [2.24, 2.45) is 0 Å². The second kappa shape index (κ2) is 5.11. The van der Waals surface area contributed by atoms with Gasteiger partial charge >= 0.3 is 5.97 Å². The normalized spacial score (nSPS) is 22.2. The lowest BCUT2D eigenvalue weighted by Gasteiger charge is -2.28. The number of rotatable bonds is 4. The standard InChI is InChI=1S/C10H18N2O3/c1-4-11-8(10(14)15-6-3)7-9(13)12(11)5-2/h8H,4-7H2,1-3H3. The molecule has 5 heteroatoms. The molecular weight excluding hydrogens is 196 g/mol. The van der Waals surface area contributed by atoms with Gasteiger partial charge in [0.15, 0.2) is 0 Å². The molecule has 0 saturated carbocycles. The maximum Gasteiger partial charge on any atom is 0.325 e. The first kappa shape index (κ1) is 12.0. The van der Waals surface area contributed by atoms with Gasteiger partial charge in [-0.25, -0.2) is 5.01 Å². The lowest BCUT2D eigenvalue weighted by Crippen LogP contribution is -2.45. The van der Waals surface area contributed by atoms with E-state index < -0.39 is 6.04 Å². The molecule has 1 atom stereocenters. The van der Waals surface area contributed by atoms with Crippen molar-refractivity contribution in [3.05, 3.63) is 0 Å². The van der Waals surface area contributed by atoms with E-state index in [4.69, 9.17) is 4.74 Å². The van der Waals surface area contributed by atoms with Gasteiger partial charge in [-0.2, -0.15) is 0 Å². The average Bonchev–Trinajstić information content (AvgIpc) is 2.54. The Labute approximate surface area is 89.9 Å².